The van der Waals surface area contributed by atoms with Crippen LogP contribution >= 0.6 is 7.60 Å². The zero-order valence-corrected chi connectivity index (χ0v) is 16.7. The zero-order valence-electron chi connectivity index (χ0n) is 15.8. The second-order valence-electron chi connectivity index (χ2n) is 5.88. The van der Waals surface area contributed by atoms with Crippen LogP contribution in [0.5, 0.6) is 0 Å². The summed E-state index contributed by atoms with van der Waals surface area (Å²) in [4.78, 5) is 17.4. The number of anilines is 1. The number of imidazole rings is 1. The number of hydrogen-bond acceptors (Lipinski definition) is 6. The first-order valence-corrected chi connectivity index (χ1v) is 10.7. The number of fused-ring (bicyclic) bond motifs is 1. The molecule has 0 aliphatic rings. The molecule has 0 unspecified atom stereocenters. The van der Waals surface area contributed by atoms with Crippen LogP contribution in [0, 0.1) is 0 Å². The molecule has 0 atom stereocenters. The quantitative estimate of drug-likeness (QED) is 0.429. The second kappa shape index (κ2) is 9.01. The Morgan fingerprint density at radius 2 is 1.68 bits per heavy atom. The molecule has 0 bridgehead atoms. The van der Waals surface area contributed by atoms with E-state index in [4.69, 9.17) is 9.05 Å². The van der Waals surface area contributed by atoms with E-state index in [9.17, 15) is 9.36 Å². The van der Waals surface area contributed by atoms with Crippen molar-refractivity contribution in [3.8, 4) is 0 Å². The Morgan fingerprint density at radius 1 is 1.04 bits per heavy atom. The van der Waals surface area contributed by atoms with Gasteiger partial charge in [-0.1, -0.05) is 30.3 Å². The van der Waals surface area contributed by atoms with Gasteiger partial charge in [-0.25, -0.2) is 14.3 Å². The Balaban J connectivity index is 1.92. The van der Waals surface area contributed by atoms with Crippen molar-refractivity contribution < 1.29 is 18.4 Å². The van der Waals surface area contributed by atoms with Crippen LogP contribution < -0.4 is 10.9 Å². The van der Waals surface area contributed by atoms with Gasteiger partial charge in [0.15, 0.2) is 0 Å². The third kappa shape index (κ3) is 4.59. The molecular formula is C19H23N4O4P. The van der Waals surface area contributed by atoms with Crippen molar-refractivity contribution >= 4 is 30.3 Å². The van der Waals surface area contributed by atoms with Gasteiger partial charge in [0, 0.05) is 0 Å². The standard InChI is InChI=1S/C19H23N4O4P/c1-3-26-28(25,27-4-2)14-18-20-16-12-8-9-13-17(16)23(18)19(24)22-21-15-10-6-5-7-11-15/h5-13,21H,3-4,14H2,1-2H3,(H,22,24). The predicted molar refractivity (Wildman–Crippen MR) is 108 cm³/mol. The maximum atomic E-state index is 13.0. The average Bonchev–Trinajstić information content (AvgIpc) is 3.04. The van der Waals surface area contributed by atoms with Crippen molar-refractivity contribution in [1.82, 2.24) is 15.0 Å². The van der Waals surface area contributed by atoms with Gasteiger partial charge in [0.05, 0.1) is 29.9 Å². The Hall–Kier alpha value is -2.67. The van der Waals surface area contributed by atoms with Crippen LogP contribution in [0.1, 0.15) is 19.7 Å². The summed E-state index contributed by atoms with van der Waals surface area (Å²) in [5.41, 5.74) is 7.46. The molecule has 2 aromatic carbocycles. The van der Waals surface area contributed by atoms with E-state index >= 15 is 0 Å². The molecule has 8 nitrogen and oxygen atoms in total. The first-order chi connectivity index (χ1) is 13.6. The molecule has 0 radical (unpaired) electrons. The molecule has 0 saturated heterocycles. The van der Waals surface area contributed by atoms with Gasteiger partial charge in [-0.3, -0.25) is 15.4 Å². The lowest BCUT2D eigenvalue weighted by Crippen LogP contribution is -2.34. The van der Waals surface area contributed by atoms with E-state index in [2.05, 4.69) is 15.8 Å². The van der Waals surface area contributed by atoms with Crippen molar-refractivity contribution in [2.45, 2.75) is 20.0 Å². The Morgan fingerprint density at radius 3 is 2.36 bits per heavy atom. The minimum atomic E-state index is -3.42. The third-order valence-electron chi connectivity index (χ3n) is 3.91. The fourth-order valence-corrected chi connectivity index (χ4v) is 4.41. The summed E-state index contributed by atoms with van der Waals surface area (Å²) in [6.07, 6.45) is -0.109. The van der Waals surface area contributed by atoms with Gasteiger partial charge in [0.1, 0.15) is 12.0 Å². The summed E-state index contributed by atoms with van der Waals surface area (Å²) in [7, 11) is -3.42. The van der Waals surface area contributed by atoms with Crippen molar-refractivity contribution in [1.29, 1.82) is 0 Å². The molecule has 148 valence electrons. The monoisotopic (exact) mass is 402 g/mol. The van der Waals surface area contributed by atoms with E-state index in [-0.39, 0.29) is 19.4 Å². The number of carbonyl (C=O) groups is 1. The van der Waals surface area contributed by atoms with E-state index in [0.717, 1.165) is 5.69 Å². The molecule has 9 heteroatoms. The lowest BCUT2D eigenvalue weighted by molar-refractivity contribution is 0.218. The molecular weight excluding hydrogens is 379 g/mol. The Labute approximate surface area is 163 Å². The molecule has 0 saturated carbocycles. The van der Waals surface area contributed by atoms with Crippen LogP contribution in [-0.4, -0.2) is 28.8 Å². The number of benzene rings is 2. The SMILES string of the molecule is CCOP(=O)(Cc1nc2ccccc2n1C(=O)NNc1ccccc1)OCC. The van der Waals surface area contributed by atoms with E-state index in [1.807, 2.05) is 42.5 Å². The van der Waals surface area contributed by atoms with Crippen molar-refractivity contribution in [3.63, 3.8) is 0 Å². The summed E-state index contributed by atoms with van der Waals surface area (Å²) < 4.78 is 25.1. The molecule has 2 N–H and O–H groups in total. The number of hydrogen-bond donors (Lipinski definition) is 2. The maximum absolute atomic E-state index is 13.0. The fraction of sp³-hybridized carbons (Fsp3) is 0.263. The minimum Gasteiger partial charge on any atom is -0.309 e. The minimum absolute atomic E-state index is 0.109. The largest absolute Gasteiger partial charge is 0.346 e. The van der Waals surface area contributed by atoms with Crippen molar-refractivity contribution in [2.75, 3.05) is 18.6 Å². The number of aromatic nitrogens is 2. The third-order valence-corrected chi connectivity index (χ3v) is 5.88. The predicted octanol–water partition coefficient (Wildman–Crippen LogP) is 4.39. The van der Waals surface area contributed by atoms with Crippen molar-refractivity contribution in [3.05, 3.63) is 60.4 Å². The van der Waals surface area contributed by atoms with Crippen LogP contribution in [0.15, 0.2) is 54.6 Å². The highest BCUT2D eigenvalue weighted by Crippen LogP contribution is 2.51. The Kier molecular flexibility index (Phi) is 6.46. The highest BCUT2D eigenvalue weighted by atomic mass is 31.2. The van der Waals surface area contributed by atoms with Gasteiger partial charge in [0.2, 0.25) is 0 Å². The molecule has 1 amide bonds. The molecule has 0 spiro atoms. The fourth-order valence-electron chi connectivity index (χ4n) is 2.81. The Bertz CT molecular complexity index is 980. The molecule has 0 fully saturated rings. The second-order valence-corrected chi connectivity index (χ2v) is 7.93. The highest BCUT2D eigenvalue weighted by molar-refractivity contribution is 7.53. The number of nitrogens with zero attached hydrogens (tertiary/aromatic N) is 2. The van der Waals surface area contributed by atoms with Gasteiger partial charge in [-0.2, -0.15) is 0 Å². The van der Waals surface area contributed by atoms with Crippen LogP contribution in [0.2, 0.25) is 0 Å². The number of amides is 1. The summed E-state index contributed by atoms with van der Waals surface area (Å²) in [5, 5.41) is 0. The summed E-state index contributed by atoms with van der Waals surface area (Å²) in [6.45, 7) is 3.95. The smallest absolute Gasteiger partial charge is 0.309 e. The van der Waals surface area contributed by atoms with Crippen LogP contribution in [-0.2, 0) is 19.8 Å². The van der Waals surface area contributed by atoms with E-state index < -0.39 is 13.6 Å². The first kappa shape index (κ1) is 20.1. The van der Waals surface area contributed by atoms with E-state index in [0.29, 0.717) is 16.9 Å². The first-order valence-electron chi connectivity index (χ1n) is 9.02. The number of hydrazine groups is 1. The molecule has 0 aliphatic carbocycles. The lowest BCUT2D eigenvalue weighted by Gasteiger charge is -2.17. The van der Waals surface area contributed by atoms with Crippen LogP contribution in [0.3, 0.4) is 0 Å². The normalized spacial score (nSPS) is 11.5. The van der Waals surface area contributed by atoms with Crippen LogP contribution in [0.4, 0.5) is 10.5 Å². The lowest BCUT2D eigenvalue weighted by atomic mass is 10.3. The van der Waals surface area contributed by atoms with Gasteiger partial charge >= 0.3 is 13.6 Å². The van der Waals surface area contributed by atoms with Gasteiger partial charge < -0.3 is 9.05 Å². The molecule has 1 aromatic heterocycles. The summed E-state index contributed by atoms with van der Waals surface area (Å²) >= 11 is 0. The van der Waals surface area contributed by atoms with Gasteiger partial charge in [0.25, 0.3) is 0 Å². The number of nitrogens with one attached hydrogen (secondary N) is 2. The molecule has 1 heterocycles. The molecule has 0 aliphatic heterocycles. The zero-order chi connectivity index (χ0) is 20.0. The van der Waals surface area contributed by atoms with Crippen LogP contribution in [0.25, 0.3) is 11.0 Å². The summed E-state index contributed by atoms with van der Waals surface area (Å²) in [6, 6.07) is 16.0. The van der Waals surface area contributed by atoms with Gasteiger partial charge in [-0.15, -0.1) is 0 Å². The van der Waals surface area contributed by atoms with Crippen molar-refractivity contribution in [2.24, 2.45) is 0 Å². The summed E-state index contributed by atoms with van der Waals surface area (Å²) in [5.74, 6) is 0.304. The maximum Gasteiger partial charge on any atom is 0.346 e. The topological polar surface area (TPSA) is 94.5 Å². The van der Waals surface area contributed by atoms with E-state index in [1.54, 1.807) is 26.0 Å². The number of rotatable bonds is 8. The molecule has 3 rings (SSSR count). The molecule has 3 aromatic rings. The number of carbonyl (C=O) groups excluding carboxylic acids is 1. The highest BCUT2D eigenvalue weighted by Gasteiger charge is 2.29. The van der Waals surface area contributed by atoms with E-state index in [1.165, 1.54) is 4.57 Å². The number of para-hydroxylation sites is 3. The average molecular weight is 402 g/mol. The van der Waals surface area contributed by atoms with Gasteiger partial charge in [-0.05, 0) is 38.1 Å². The molecule has 28 heavy (non-hydrogen) atoms.